The molecule has 0 fully saturated rings. The lowest BCUT2D eigenvalue weighted by molar-refractivity contribution is -0.274. The van der Waals surface area contributed by atoms with E-state index >= 15 is 0 Å². The van der Waals surface area contributed by atoms with Crippen molar-refractivity contribution >= 4 is 21.7 Å². The summed E-state index contributed by atoms with van der Waals surface area (Å²) >= 11 is 0. The molecule has 7 nitrogen and oxygen atoms in total. The van der Waals surface area contributed by atoms with E-state index in [-0.39, 0.29) is 17.5 Å². The first-order chi connectivity index (χ1) is 11.5. The van der Waals surface area contributed by atoms with Crippen LogP contribution < -0.4 is 15.8 Å². The summed E-state index contributed by atoms with van der Waals surface area (Å²) in [6.45, 7) is 2.19. The van der Waals surface area contributed by atoms with E-state index in [1.807, 2.05) is 0 Å². The topological polar surface area (TPSA) is 97.0 Å². The molecular formula is C14H21F3N4O3S. The van der Waals surface area contributed by atoms with Crippen molar-refractivity contribution in [3.05, 3.63) is 24.3 Å². The van der Waals surface area contributed by atoms with E-state index in [4.69, 9.17) is 5.73 Å². The lowest BCUT2D eigenvalue weighted by atomic mass is 10.3. The van der Waals surface area contributed by atoms with E-state index in [0.29, 0.717) is 25.2 Å². The van der Waals surface area contributed by atoms with E-state index < -0.39 is 16.4 Å². The highest BCUT2D eigenvalue weighted by molar-refractivity contribution is 7.89. The summed E-state index contributed by atoms with van der Waals surface area (Å²) in [6.07, 6.45) is -4.26. The molecule has 0 saturated heterocycles. The van der Waals surface area contributed by atoms with Crippen LogP contribution in [0.15, 0.2) is 29.3 Å². The quantitative estimate of drug-likeness (QED) is 0.407. The summed E-state index contributed by atoms with van der Waals surface area (Å²) in [7, 11) is -1.72. The van der Waals surface area contributed by atoms with Crippen LogP contribution in [0.5, 0.6) is 5.75 Å². The van der Waals surface area contributed by atoms with Crippen molar-refractivity contribution in [2.45, 2.75) is 19.7 Å². The molecule has 1 aromatic carbocycles. The van der Waals surface area contributed by atoms with Gasteiger partial charge in [-0.15, -0.1) is 13.2 Å². The highest BCUT2D eigenvalue weighted by Gasteiger charge is 2.30. The van der Waals surface area contributed by atoms with Crippen molar-refractivity contribution in [1.82, 2.24) is 4.31 Å². The predicted molar refractivity (Wildman–Crippen MR) is 89.9 cm³/mol. The van der Waals surface area contributed by atoms with Crippen LogP contribution in [0.1, 0.15) is 13.3 Å². The summed E-state index contributed by atoms with van der Waals surface area (Å²) in [6, 6.07) is 5.03. The summed E-state index contributed by atoms with van der Waals surface area (Å²) in [5.74, 6) is -0.232. The molecule has 0 heterocycles. The van der Waals surface area contributed by atoms with Crippen LogP contribution in [-0.2, 0) is 10.0 Å². The highest BCUT2D eigenvalue weighted by atomic mass is 32.2. The summed E-state index contributed by atoms with van der Waals surface area (Å²) < 4.78 is 64.3. The molecule has 0 aliphatic rings. The third kappa shape index (κ3) is 8.07. The maximum absolute atomic E-state index is 12.1. The second-order valence-electron chi connectivity index (χ2n) is 5.04. The lowest BCUT2D eigenvalue weighted by Crippen LogP contribution is -2.30. The van der Waals surface area contributed by atoms with Gasteiger partial charge in [0.15, 0.2) is 5.96 Å². The number of benzene rings is 1. The third-order valence-electron chi connectivity index (χ3n) is 3.11. The van der Waals surface area contributed by atoms with Gasteiger partial charge in [-0.2, -0.15) is 0 Å². The lowest BCUT2D eigenvalue weighted by Gasteiger charge is -2.15. The zero-order chi connectivity index (χ0) is 19.1. The zero-order valence-electron chi connectivity index (χ0n) is 13.9. The molecule has 0 aromatic heterocycles. The largest absolute Gasteiger partial charge is 0.573 e. The molecule has 0 saturated carbocycles. The molecule has 1 aromatic rings. The normalized spacial score (nSPS) is 13.1. The van der Waals surface area contributed by atoms with E-state index in [0.717, 1.165) is 12.1 Å². The maximum atomic E-state index is 12.1. The fourth-order valence-corrected chi connectivity index (χ4v) is 2.63. The molecule has 0 unspecified atom stereocenters. The Kier molecular flexibility index (Phi) is 7.49. The minimum atomic E-state index is -4.74. The Morgan fingerprint density at radius 1 is 1.32 bits per heavy atom. The van der Waals surface area contributed by atoms with E-state index in [2.05, 4.69) is 15.0 Å². The average molecular weight is 382 g/mol. The van der Waals surface area contributed by atoms with Crippen molar-refractivity contribution in [3.8, 4) is 5.75 Å². The molecule has 0 radical (unpaired) electrons. The smallest absolute Gasteiger partial charge is 0.406 e. The predicted octanol–water partition coefficient (Wildman–Crippen LogP) is 1.98. The molecule has 1 rings (SSSR count). The summed E-state index contributed by atoms with van der Waals surface area (Å²) in [5.41, 5.74) is 6.12. The van der Waals surface area contributed by atoms with Crippen LogP contribution in [0.3, 0.4) is 0 Å². The number of halogens is 3. The van der Waals surface area contributed by atoms with Crippen molar-refractivity contribution in [3.63, 3.8) is 0 Å². The highest BCUT2D eigenvalue weighted by Crippen LogP contribution is 2.23. The Labute approximate surface area is 144 Å². The molecule has 25 heavy (non-hydrogen) atoms. The number of nitrogens with two attached hydrogens (primary N) is 1. The van der Waals surface area contributed by atoms with E-state index in [1.165, 1.54) is 23.5 Å². The van der Waals surface area contributed by atoms with E-state index in [9.17, 15) is 21.6 Å². The standard InChI is InChI=1S/C14H21F3N4O3S/c1-3-25(22,23)21(2)10-4-9-19-13(18)20-11-5-7-12(8-6-11)24-14(15,16)17/h5-8H,3-4,9-10H2,1-2H3,(H3,18,19,20). The van der Waals surface area contributed by atoms with Gasteiger partial charge in [0.2, 0.25) is 10.0 Å². The Bertz CT molecular complexity index is 676. The van der Waals surface area contributed by atoms with Crippen LogP contribution in [-0.4, -0.2) is 50.9 Å². The second-order valence-corrected chi connectivity index (χ2v) is 7.40. The van der Waals surface area contributed by atoms with Gasteiger partial charge in [0.05, 0.1) is 5.75 Å². The van der Waals surface area contributed by atoms with Gasteiger partial charge in [0.25, 0.3) is 0 Å². The minimum Gasteiger partial charge on any atom is -0.406 e. The maximum Gasteiger partial charge on any atom is 0.573 e. The Morgan fingerprint density at radius 3 is 2.44 bits per heavy atom. The van der Waals surface area contributed by atoms with Crippen LogP contribution in [0.2, 0.25) is 0 Å². The van der Waals surface area contributed by atoms with Gasteiger partial charge in [-0.1, -0.05) is 0 Å². The number of ether oxygens (including phenoxy) is 1. The first kappa shape index (κ1) is 21.0. The number of rotatable bonds is 8. The molecule has 0 amide bonds. The SMILES string of the molecule is CCS(=O)(=O)N(C)CCCN=C(N)Nc1ccc(OC(F)(F)F)cc1. The minimum absolute atomic E-state index is 0.0323. The van der Waals surface area contributed by atoms with Crippen molar-refractivity contribution in [2.75, 3.05) is 31.2 Å². The van der Waals surface area contributed by atoms with Gasteiger partial charge in [-0.05, 0) is 37.6 Å². The van der Waals surface area contributed by atoms with Gasteiger partial charge in [0, 0.05) is 25.8 Å². The fraction of sp³-hybridized carbons (Fsp3) is 0.500. The molecule has 0 spiro atoms. The van der Waals surface area contributed by atoms with Gasteiger partial charge in [0.1, 0.15) is 5.75 Å². The van der Waals surface area contributed by atoms with E-state index in [1.54, 1.807) is 6.92 Å². The molecule has 142 valence electrons. The average Bonchev–Trinajstić information content (AvgIpc) is 2.51. The Morgan fingerprint density at radius 2 is 1.92 bits per heavy atom. The number of nitrogens with one attached hydrogen (secondary N) is 1. The van der Waals surface area contributed by atoms with Crippen molar-refractivity contribution in [2.24, 2.45) is 10.7 Å². The Balaban J connectivity index is 2.45. The molecular weight excluding hydrogens is 361 g/mol. The molecule has 0 aliphatic heterocycles. The number of anilines is 1. The number of hydrogen-bond acceptors (Lipinski definition) is 4. The molecule has 3 N–H and O–H groups in total. The molecule has 11 heteroatoms. The van der Waals surface area contributed by atoms with Crippen molar-refractivity contribution < 1.29 is 26.3 Å². The molecule has 0 atom stereocenters. The first-order valence-corrected chi connectivity index (χ1v) is 9.01. The second kappa shape index (κ2) is 8.90. The number of aliphatic imine (C=N–C) groups is 1. The van der Waals surface area contributed by atoms with Gasteiger partial charge in [-0.25, -0.2) is 12.7 Å². The van der Waals surface area contributed by atoms with Crippen LogP contribution in [0.25, 0.3) is 0 Å². The monoisotopic (exact) mass is 382 g/mol. The first-order valence-electron chi connectivity index (χ1n) is 7.40. The number of alkyl halides is 3. The molecule has 0 bridgehead atoms. The number of sulfonamides is 1. The Hall–Kier alpha value is -2.01. The van der Waals surface area contributed by atoms with Gasteiger partial charge in [-0.3, -0.25) is 4.99 Å². The van der Waals surface area contributed by atoms with Crippen LogP contribution in [0.4, 0.5) is 18.9 Å². The third-order valence-corrected chi connectivity index (χ3v) is 4.98. The van der Waals surface area contributed by atoms with Crippen LogP contribution in [0, 0.1) is 0 Å². The zero-order valence-corrected chi connectivity index (χ0v) is 14.7. The van der Waals surface area contributed by atoms with Crippen LogP contribution >= 0.6 is 0 Å². The number of hydrogen-bond donors (Lipinski definition) is 2. The number of nitrogens with zero attached hydrogens (tertiary/aromatic N) is 2. The fourth-order valence-electron chi connectivity index (χ4n) is 1.78. The van der Waals surface area contributed by atoms with Crippen molar-refractivity contribution in [1.29, 1.82) is 0 Å². The summed E-state index contributed by atoms with van der Waals surface area (Å²) in [5, 5.41) is 2.72. The van der Waals surface area contributed by atoms with Gasteiger partial charge >= 0.3 is 6.36 Å². The summed E-state index contributed by atoms with van der Waals surface area (Å²) in [4.78, 5) is 4.03. The molecule has 0 aliphatic carbocycles. The van der Waals surface area contributed by atoms with Gasteiger partial charge < -0.3 is 15.8 Å². The number of guanidine groups is 1.